The van der Waals surface area contributed by atoms with Crippen molar-refractivity contribution in [2.75, 3.05) is 6.61 Å². The summed E-state index contributed by atoms with van der Waals surface area (Å²) in [6.45, 7) is 4.53. The monoisotopic (exact) mass is 349 g/mol. The summed E-state index contributed by atoms with van der Waals surface area (Å²) in [6, 6.07) is 7.51. The topological polar surface area (TPSA) is 100 Å². The van der Waals surface area contributed by atoms with Crippen molar-refractivity contribution in [3.05, 3.63) is 29.8 Å². The van der Waals surface area contributed by atoms with Crippen LogP contribution in [0.25, 0.3) is 0 Å². The number of nitrogens with one attached hydrogen (secondary N) is 1. The third-order valence-electron chi connectivity index (χ3n) is 3.17. The number of hydrogen-bond donors (Lipinski definition) is 2. The standard InChI is InChI=1S/C16H19N3O4S/c1-3-8-23-12-6-4-11(5-7-12)10(2)18-19-16-17-15(22)13(24-16)9-14(20)21/h4-7,13H,3,8-9H2,1-2H3,(H,20,21)(H,17,19,22)/t13-/m0/s1. The van der Waals surface area contributed by atoms with E-state index in [1.807, 2.05) is 38.1 Å². The molecule has 0 radical (unpaired) electrons. The van der Waals surface area contributed by atoms with Gasteiger partial charge in [0.05, 0.1) is 18.7 Å². The molecule has 2 N–H and O–H groups in total. The van der Waals surface area contributed by atoms with Crippen LogP contribution in [0.2, 0.25) is 0 Å². The predicted molar refractivity (Wildman–Crippen MR) is 93.6 cm³/mol. The van der Waals surface area contributed by atoms with Gasteiger partial charge in [-0.05, 0) is 43.2 Å². The second kappa shape index (κ2) is 8.49. The maximum atomic E-state index is 11.6. The highest BCUT2D eigenvalue weighted by Crippen LogP contribution is 2.22. The molecule has 0 bridgehead atoms. The average Bonchev–Trinajstić information content (AvgIpc) is 2.90. The molecule has 1 saturated heterocycles. The van der Waals surface area contributed by atoms with Crippen molar-refractivity contribution in [3.8, 4) is 5.75 Å². The Labute approximate surface area is 144 Å². The molecule has 24 heavy (non-hydrogen) atoms. The Bertz CT molecular complexity index is 670. The molecule has 128 valence electrons. The Morgan fingerprint density at radius 1 is 1.38 bits per heavy atom. The summed E-state index contributed by atoms with van der Waals surface area (Å²) in [5.41, 5.74) is 1.57. The van der Waals surface area contributed by atoms with Gasteiger partial charge in [-0.3, -0.25) is 9.59 Å². The Morgan fingerprint density at radius 2 is 2.08 bits per heavy atom. The van der Waals surface area contributed by atoms with Crippen LogP contribution in [0.15, 0.2) is 34.5 Å². The molecule has 0 aromatic heterocycles. The number of ether oxygens (including phenoxy) is 1. The predicted octanol–water partition coefficient (Wildman–Crippen LogP) is 2.26. The highest BCUT2D eigenvalue weighted by atomic mass is 32.2. The first-order valence-corrected chi connectivity index (χ1v) is 8.42. The minimum Gasteiger partial charge on any atom is -0.494 e. The zero-order valence-corrected chi connectivity index (χ0v) is 14.3. The number of benzene rings is 1. The molecule has 1 atom stereocenters. The van der Waals surface area contributed by atoms with E-state index in [2.05, 4.69) is 15.5 Å². The number of nitrogens with zero attached hydrogens (tertiary/aromatic N) is 2. The van der Waals surface area contributed by atoms with Gasteiger partial charge in [0, 0.05) is 0 Å². The number of hydrogen-bond acceptors (Lipinski definition) is 6. The Hall–Kier alpha value is -2.35. The molecule has 2 rings (SSSR count). The van der Waals surface area contributed by atoms with Crippen molar-refractivity contribution in [2.24, 2.45) is 10.2 Å². The zero-order valence-electron chi connectivity index (χ0n) is 13.5. The number of thioether (sulfide) groups is 1. The van der Waals surface area contributed by atoms with Gasteiger partial charge in [-0.15, -0.1) is 5.10 Å². The summed E-state index contributed by atoms with van der Waals surface area (Å²) in [5, 5.41) is 19.0. The van der Waals surface area contributed by atoms with Crippen LogP contribution in [0.4, 0.5) is 0 Å². The minimum absolute atomic E-state index is 0.239. The summed E-state index contributed by atoms with van der Waals surface area (Å²) in [6.07, 6.45) is 0.712. The van der Waals surface area contributed by atoms with Crippen molar-refractivity contribution in [2.45, 2.75) is 31.9 Å². The molecule has 8 heteroatoms. The summed E-state index contributed by atoms with van der Waals surface area (Å²) in [7, 11) is 0. The molecule has 7 nitrogen and oxygen atoms in total. The number of aliphatic carboxylic acids is 1. The van der Waals surface area contributed by atoms with Gasteiger partial charge in [0.25, 0.3) is 0 Å². The first-order chi connectivity index (χ1) is 11.5. The van der Waals surface area contributed by atoms with Crippen molar-refractivity contribution in [1.29, 1.82) is 0 Å². The lowest BCUT2D eigenvalue weighted by atomic mass is 10.1. The first kappa shape index (κ1) is 18.0. The van der Waals surface area contributed by atoms with Gasteiger partial charge in [-0.1, -0.05) is 18.7 Å². The minimum atomic E-state index is -1.02. The van der Waals surface area contributed by atoms with Crippen LogP contribution in [-0.4, -0.2) is 39.7 Å². The van der Waals surface area contributed by atoms with Crippen LogP contribution in [-0.2, 0) is 9.59 Å². The molecular weight excluding hydrogens is 330 g/mol. The van der Waals surface area contributed by atoms with E-state index in [0.717, 1.165) is 29.5 Å². The van der Waals surface area contributed by atoms with Crippen LogP contribution >= 0.6 is 11.8 Å². The fourth-order valence-corrected chi connectivity index (χ4v) is 2.84. The molecule has 1 aliphatic rings. The third kappa shape index (κ3) is 5.09. The smallest absolute Gasteiger partial charge is 0.305 e. The summed E-state index contributed by atoms with van der Waals surface area (Å²) >= 11 is 1.08. The highest BCUT2D eigenvalue weighted by Gasteiger charge is 2.32. The van der Waals surface area contributed by atoms with Crippen molar-refractivity contribution >= 4 is 34.5 Å². The van der Waals surface area contributed by atoms with E-state index in [0.29, 0.717) is 17.5 Å². The average molecular weight is 349 g/mol. The number of amidine groups is 1. The Kier molecular flexibility index (Phi) is 6.36. The van der Waals surface area contributed by atoms with Gasteiger partial charge in [-0.2, -0.15) is 5.10 Å². The summed E-state index contributed by atoms with van der Waals surface area (Å²) < 4.78 is 5.52. The van der Waals surface area contributed by atoms with Gasteiger partial charge in [0.15, 0.2) is 5.17 Å². The van der Waals surface area contributed by atoms with E-state index in [1.54, 1.807) is 0 Å². The molecule has 0 unspecified atom stereocenters. The zero-order chi connectivity index (χ0) is 17.5. The molecule has 0 spiro atoms. The van der Waals surface area contributed by atoms with Crippen LogP contribution in [0.3, 0.4) is 0 Å². The Balaban J connectivity index is 2.00. The summed E-state index contributed by atoms with van der Waals surface area (Å²) in [4.78, 5) is 22.3. The highest BCUT2D eigenvalue weighted by molar-refractivity contribution is 8.15. The second-order valence-electron chi connectivity index (χ2n) is 5.16. The summed E-state index contributed by atoms with van der Waals surface area (Å²) in [5.74, 6) is -0.574. The van der Waals surface area contributed by atoms with Crippen LogP contribution in [0.5, 0.6) is 5.75 Å². The maximum Gasteiger partial charge on any atom is 0.305 e. The van der Waals surface area contributed by atoms with Gasteiger partial charge >= 0.3 is 5.97 Å². The molecule has 1 heterocycles. The number of carbonyl (C=O) groups excluding carboxylic acids is 1. The Morgan fingerprint density at radius 3 is 2.71 bits per heavy atom. The van der Waals surface area contributed by atoms with E-state index in [9.17, 15) is 9.59 Å². The molecule has 1 aromatic rings. The maximum absolute atomic E-state index is 11.6. The molecule has 1 fully saturated rings. The van der Waals surface area contributed by atoms with Gasteiger partial charge in [-0.25, -0.2) is 0 Å². The first-order valence-electron chi connectivity index (χ1n) is 7.54. The molecule has 1 amide bonds. The largest absolute Gasteiger partial charge is 0.494 e. The van der Waals surface area contributed by atoms with E-state index in [4.69, 9.17) is 9.84 Å². The molecule has 1 aromatic carbocycles. The molecule has 0 aliphatic carbocycles. The van der Waals surface area contributed by atoms with Crippen LogP contribution < -0.4 is 10.1 Å². The van der Waals surface area contributed by atoms with Gasteiger partial charge in [0.1, 0.15) is 11.0 Å². The van der Waals surface area contributed by atoms with Crippen LogP contribution in [0.1, 0.15) is 32.3 Å². The lowest BCUT2D eigenvalue weighted by Gasteiger charge is -2.05. The number of carbonyl (C=O) groups is 2. The molecule has 1 aliphatic heterocycles. The van der Waals surface area contributed by atoms with E-state index in [1.165, 1.54) is 0 Å². The van der Waals surface area contributed by atoms with Crippen molar-refractivity contribution in [1.82, 2.24) is 5.32 Å². The fraction of sp³-hybridized carbons (Fsp3) is 0.375. The fourth-order valence-electron chi connectivity index (χ4n) is 1.94. The lowest BCUT2D eigenvalue weighted by Crippen LogP contribution is -2.26. The second-order valence-corrected chi connectivity index (χ2v) is 6.35. The van der Waals surface area contributed by atoms with Crippen molar-refractivity contribution < 1.29 is 19.4 Å². The van der Waals surface area contributed by atoms with Crippen LogP contribution in [0, 0.1) is 0 Å². The third-order valence-corrected chi connectivity index (χ3v) is 4.24. The lowest BCUT2D eigenvalue weighted by molar-refractivity contribution is -0.138. The van der Waals surface area contributed by atoms with Crippen molar-refractivity contribution in [3.63, 3.8) is 0 Å². The quantitative estimate of drug-likeness (QED) is 0.581. The van der Waals surface area contributed by atoms with Gasteiger partial charge < -0.3 is 15.2 Å². The normalized spacial score (nSPS) is 19.4. The number of carboxylic acids is 1. The van der Waals surface area contributed by atoms with E-state index < -0.39 is 11.2 Å². The number of rotatable bonds is 7. The SMILES string of the molecule is CCCOc1ccc(C(C)=NN=C2NC(=O)[C@H](CC(=O)O)S2)cc1. The molecule has 0 saturated carbocycles. The van der Waals surface area contributed by atoms with E-state index in [-0.39, 0.29) is 12.3 Å². The number of amides is 1. The molecular formula is C16H19N3O4S. The number of carboxylic acid groups (broad SMARTS) is 1. The van der Waals surface area contributed by atoms with E-state index >= 15 is 0 Å². The van der Waals surface area contributed by atoms with Gasteiger partial charge in [0.2, 0.25) is 5.91 Å².